The minimum atomic E-state index is -0.389. The maximum atomic E-state index is 13.2. The van der Waals surface area contributed by atoms with Crippen LogP contribution in [0.15, 0.2) is 84.9 Å². The molecule has 0 radical (unpaired) electrons. The molecule has 0 fully saturated rings. The lowest BCUT2D eigenvalue weighted by atomic mass is 10.1. The maximum Gasteiger partial charge on any atom is 0.266 e. The fourth-order valence-electron chi connectivity index (χ4n) is 3.39. The average Bonchev–Trinajstić information content (AvgIpc) is 3.06. The molecule has 1 unspecified atom stereocenters. The zero-order valence-electron chi connectivity index (χ0n) is 14.6. The van der Waals surface area contributed by atoms with Gasteiger partial charge in [-0.05, 0) is 36.4 Å². The number of rotatable bonds is 4. The highest BCUT2D eigenvalue weighted by Gasteiger charge is 2.38. The van der Waals surface area contributed by atoms with Crippen LogP contribution in [0.5, 0.6) is 5.75 Å². The summed E-state index contributed by atoms with van der Waals surface area (Å²) in [7, 11) is 1.65. The molecule has 0 saturated heterocycles. The highest BCUT2D eigenvalue weighted by atomic mass is 16.5. The van der Waals surface area contributed by atoms with Crippen LogP contribution in [0.1, 0.15) is 17.3 Å². The largest absolute Gasteiger partial charge is 0.622 e. The van der Waals surface area contributed by atoms with E-state index in [1.54, 1.807) is 7.11 Å². The normalized spacial score (nSPS) is 16.8. The lowest BCUT2D eigenvalue weighted by Gasteiger charge is -2.24. The number of hydrogen-bond donors (Lipinski definition) is 0. The van der Waals surface area contributed by atoms with Gasteiger partial charge in [-0.2, -0.15) is 4.74 Å². The van der Waals surface area contributed by atoms with Crippen LogP contribution in [0.3, 0.4) is 0 Å². The molecule has 1 aliphatic heterocycles. The third-order valence-electron chi connectivity index (χ3n) is 4.71. The fourth-order valence-corrected chi connectivity index (χ4v) is 3.39. The van der Waals surface area contributed by atoms with E-state index in [1.807, 2.05) is 84.9 Å². The van der Waals surface area contributed by atoms with Crippen LogP contribution in [0.25, 0.3) is 0 Å². The first-order valence-electron chi connectivity index (χ1n) is 8.61. The van der Waals surface area contributed by atoms with Crippen LogP contribution in [0.4, 0.5) is 5.69 Å². The summed E-state index contributed by atoms with van der Waals surface area (Å²) in [4.78, 5) is 2.13. The third kappa shape index (κ3) is 2.90. The van der Waals surface area contributed by atoms with Crippen LogP contribution in [-0.4, -0.2) is 24.1 Å². The Kier molecular flexibility index (Phi) is 4.32. The van der Waals surface area contributed by atoms with Gasteiger partial charge in [0.1, 0.15) is 12.3 Å². The molecule has 0 aromatic heterocycles. The van der Waals surface area contributed by atoms with Gasteiger partial charge in [-0.1, -0.05) is 48.5 Å². The van der Waals surface area contributed by atoms with Crippen molar-refractivity contribution in [2.24, 2.45) is 0 Å². The second kappa shape index (κ2) is 6.92. The summed E-state index contributed by atoms with van der Waals surface area (Å²) < 4.78 is 6.39. The van der Waals surface area contributed by atoms with Crippen LogP contribution < -0.4 is 9.64 Å². The first kappa shape index (κ1) is 16.2. The number of hydrogen-bond acceptors (Lipinski definition) is 3. The number of nitrogens with zero attached hydrogens (tertiary/aromatic N) is 2. The van der Waals surface area contributed by atoms with Crippen LogP contribution in [-0.2, 0) is 0 Å². The van der Waals surface area contributed by atoms with Gasteiger partial charge in [-0.15, -0.1) is 0 Å². The van der Waals surface area contributed by atoms with Crippen molar-refractivity contribution in [2.45, 2.75) is 6.17 Å². The standard InChI is InChI=1S/C22H20N2O2/c1-26-20-14-12-19(13-15-20)23-16-21(17-8-4-2-5-9-17)24(25)22(23)18-10-6-3-7-11-18/h2-15,22H,16H2,1H3. The number of benzene rings is 3. The Morgan fingerprint density at radius 3 is 2.12 bits per heavy atom. The molecule has 0 spiro atoms. The van der Waals surface area contributed by atoms with Gasteiger partial charge < -0.3 is 9.94 Å². The van der Waals surface area contributed by atoms with Gasteiger partial charge in [-0.25, -0.2) is 0 Å². The molecule has 0 bridgehead atoms. The summed E-state index contributed by atoms with van der Waals surface area (Å²) in [5.41, 5.74) is 3.70. The molecule has 0 aliphatic carbocycles. The average molecular weight is 344 g/mol. The molecule has 4 rings (SSSR count). The molecule has 0 N–H and O–H groups in total. The van der Waals surface area contributed by atoms with E-state index in [1.165, 1.54) is 0 Å². The minimum Gasteiger partial charge on any atom is -0.622 e. The molecule has 4 heteroatoms. The van der Waals surface area contributed by atoms with E-state index in [4.69, 9.17) is 4.74 Å². The molecule has 26 heavy (non-hydrogen) atoms. The summed E-state index contributed by atoms with van der Waals surface area (Å²) in [5, 5.41) is 13.2. The summed E-state index contributed by atoms with van der Waals surface area (Å²) in [5.74, 6) is 0.801. The quantitative estimate of drug-likeness (QED) is 0.525. The van der Waals surface area contributed by atoms with Gasteiger partial charge >= 0.3 is 0 Å². The Bertz CT molecular complexity index is 906. The van der Waals surface area contributed by atoms with Gasteiger partial charge in [0, 0.05) is 16.8 Å². The van der Waals surface area contributed by atoms with Crippen molar-refractivity contribution in [1.82, 2.24) is 0 Å². The van der Waals surface area contributed by atoms with E-state index in [0.29, 0.717) is 6.54 Å². The predicted octanol–water partition coefficient (Wildman–Crippen LogP) is 4.21. The molecular weight excluding hydrogens is 324 g/mol. The first-order chi connectivity index (χ1) is 12.8. The van der Waals surface area contributed by atoms with E-state index in [2.05, 4.69) is 4.90 Å². The Balaban J connectivity index is 1.78. The Hall–Kier alpha value is -3.27. The Morgan fingerprint density at radius 2 is 1.50 bits per heavy atom. The lowest BCUT2D eigenvalue weighted by Crippen LogP contribution is -2.28. The molecule has 4 nitrogen and oxygen atoms in total. The number of anilines is 1. The molecule has 3 aromatic rings. The Labute approximate surface area is 153 Å². The maximum absolute atomic E-state index is 13.2. The van der Waals surface area contributed by atoms with Gasteiger partial charge in [0.05, 0.1) is 7.11 Å². The monoisotopic (exact) mass is 344 g/mol. The third-order valence-corrected chi connectivity index (χ3v) is 4.71. The van der Waals surface area contributed by atoms with Crippen molar-refractivity contribution in [3.63, 3.8) is 0 Å². The van der Waals surface area contributed by atoms with E-state index >= 15 is 0 Å². The predicted molar refractivity (Wildman–Crippen MR) is 104 cm³/mol. The van der Waals surface area contributed by atoms with E-state index in [0.717, 1.165) is 33.0 Å². The van der Waals surface area contributed by atoms with Crippen molar-refractivity contribution < 1.29 is 9.48 Å². The van der Waals surface area contributed by atoms with Gasteiger partial charge in [0.2, 0.25) is 5.71 Å². The molecule has 1 heterocycles. The Morgan fingerprint density at radius 1 is 0.885 bits per heavy atom. The summed E-state index contributed by atoms with van der Waals surface area (Å²) in [6, 6.07) is 27.6. The van der Waals surface area contributed by atoms with Crippen molar-refractivity contribution in [3.05, 3.63) is 101 Å². The van der Waals surface area contributed by atoms with Crippen molar-refractivity contribution in [2.75, 3.05) is 18.6 Å². The molecule has 1 atom stereocenters. The first-order valence-corrected chi connectivity index (χ1v) is 8.61. The van der Waals surface area contributed by atoms with Gasteiger partial charge in [0.25, 0.3) is 6.17 Å². The second-order valence-corrected chi connectivity index (χ2v) is 6.25. The number of hydroxylamine groups is 1. The molecule has 3 aromatic carbocycles. The zero-order valence-corrected chi connectivity index (χ0v) is 14.6. The molecule has 0 amide bonds. The topological polar surface area (TPSA) is 38.5 Å². The van der Waals surface area contributed by atoms with Gasteiger partial charge in [0.15, 0.2) is 0 Å². The SMILES string of the molecule is COc1ccc(N2CC(c3ccccc3)=[N+]([O-])C2c2ccccc2)cc1. The minimum absolute atomic E-state index is 0.389. The van der Waals surface area contributed by atoms with E-state index in [-0.39, 0.29) is 6.17 Å². The van der Waals surface area contributed by atoms with Crippen molar-refractivity contribution >= 4 is 11.4 Å². The second-order valence-electron chi connectivity index (χ2n) is 6.25. The number of methoxy groups -OCH3 is 1. The smallest absolute Gasteiger partial charge is 0.266 e. The highest BCUT2D eigenvalue weighted by molar-refractivity contribution is 6.01. The molecule has 130 valence electrons. The van der Waals surface area contributed by atoms with Crippen molar-refractivity contribution in [1.29, 1.82) is 0 Å². The summed E-state index contributed by atoms with van der Waals surface area (Å²) in [6.07, 6.45) is -0.389. The zero-order chi connectivity index (χ0) is 17.9. The fraction of sp³-hybridized carbons (Fsp3) is 0.136. The molecular formula is C22H20N2O2. The molecule has 1 aliphatic rings. The van der Waals surface area contributed by atoms with Crippen LogP contribution in [0, 0.1) is 5.21 Å². The number of ether oxygens (including phenoxy) is 1. The van der Waals surface area contributed by atoms with Crippen molar-refractivity contribution in [3.8, 4) is 5.75 Å². The summed E-state index contributed by atoms with van der Waals surface area (Å²) in [6.45, 7) is 0.555. The lowest BCUT2D eigenvalue weighted by molar-refractivity contribution is -0.497. The summed E-state index contributed by atoms with van der Waals surface area (Å²) >= 11 is 0. The van der Waals surface area contributed by atoms with Crippen LogP contribution >= 0.6 is 0 Å². The van der Waals surface area contributed by atoms with E-state index in [9.17, 15) is 5.21 Å². The highest BCUT2D eigenvalue weighted by Crippen LogP contribution is 2.33. The van der Waals surface area contributed by atoms with E-state index < -0.39 is 0 Å². The molecule has 0 saturated carbocycles. The van der Waals surface area contributed by atoms with Crippen LogP contribution in [0.2, 0.25) is 0 Å². The van der Waals surface area contributed by atoms with Gasteiger partial charge in [-0.3, -0.25) is 4.90 Å².